The van der Waals surface area contributed by atoms with Crippen LogP contribution in [0.2, 0.25) is 0 Å². The van der Waals surface area contributed by atoms with Gasteiger partial charge < -0.3 is 14.7 Å². The molecule has 0 aromatic heterocycles. The van der Waals surface area contributed by atoms with Crippen molar-refractivity contribution in [3.8, 4) is 0 Å². The molecule has 0 spiro atoms. The molecule has 0 aliphatic carbocycles. The van der Waals surface area contributed by atoms with Crippen molar-refractivity contribution in [1.29, 1.82) is 0 Å². The summed E-state index contributed by atoms with van der Waals surface area (Å²) in [7, 11) is 0. The van der Waals surface area contributed by atoms with Gasteiger partial charge in [0.1, 0.15) is 5.82 Å². The molecular formula is C14H16FNO3. The van der Waals surface area contributed by atoms with Crippen LogP contribution in [0.4, 0.5) is 4.39 Å². The van der Waals surface area contributed by atoms with Crippen LogP contribution in [0.5, 0.6) is 0 Å². The Labute approximate surface area is 110 Å². The topological polar surface area (TPSA) is 49.8 Å². The third kappa shape index (κ3) is 2.24. The second-order valence-corrected chi connectivity index (χ2v) is 5.05. The van der Waals surface area contributed by atoms with Gasteiger partial charge in [-0.05, 0) is 30.5 Å². The number of benzene rings is 1. The van der Waals surface area contributed by atoms with Gasteiger partial charge >= 0.3 is 0 Å². The molecule has 3 rings (SSSR count). The van der Waals surface area contributed by atoms with E-state index in [0.29, 0.717) is 6.42 Å². The van der Waals surface area contributed by atoms with Crippen molar-refractivity contribution in [3.63, 3.8) is 0 Å². The average Bonchev–Trinajstić information content (AvgIpc) is 2.41. The number of hydrogen-bond acceptors (Lipinski definition) is 3. The highest BCUT2D eigenvalue weighted by molar-refractivity contribution is 5.78. The van der Waals surface area contributed by atoms with Crippen LogP contribution in [0.25, 0.3) is 0 Å². The second-order valence-electron chi connectivity index (χ2n) is 5.05. The first-order chi connectivity index (χ1) is 9.16. The summed E-state index contributed by atoms with van der Waals surface area (Å²) in [5.41, 5.74) is 0.841. The minimum atomic E-state index is -0.916. The molecule has 2 aliphatic rings. The SMILES string of the molecule is O=C1CCCC2[C@H](O)OCC(c3ccc(F)cc3)N12. The Morgan fingerprint density at radius 1 is 1.32 bits per heavy atom. The van der Waals surface area contributed by atoms with Crippen LogP contribution in [0, 0.1) is 5.82 Å². The lowest BCUT2D eigenvalue weighted by Gasteiger charge is -2.47. The van der Waals surface area contributed by atoms with Gasteiger partial charge in [0.05, 0.1) is 18.7 Å². The lowest BCUT2D eigenvalue weighted by Crippen LogP contribution is -2.56. The number of aliphatic hydroxyl groups excluding tert-OH is 1. The zero-order valence-electron chi connectivity index (χ0n) is 10.5. The molecule has 0 radical (unpaired) electrons. The Hall–Kier alpha value is -1.46. The fourth-order valence-corrected chi connectivity index (χ4v) is 2.92. The summed E-state index contributed by atoms with van der Waals surface area (Å²) in [4.78, 5) is 13.8. The first-order valence-electron chi connectivity index (χ1n) is 6.53. The fourth-order valence-electron chi connectivity index (χ4n) is 2.92. The van der Waals surface area contributed by atoms with Crippen LogP contribution in [0.1, 0.15) is 30.9 Å². The number of ether oxygens (including phenoxy) is 1. The number of aliphatic hydroxyl groups is 1. The molecule has 2 saturated heterocycles. The maximum absolute atomic E-state index is 13.0. The lowest BCUT2D eigenvalue weighted by atomic mass is 9.94. The highest BCUT2D eigenvalue weighted by atomic mass is 19.1. The van der Waals surface area contributed by atoms with Gasteiger partial charge in [-0.25, -0.2) is 4.39 Å². The van der Waals surface area contributed by atoms with Crippen molar-refractivity contribution < 1.29 is 19.0 Å². The molecule has 4 nitrogen and oxygen atoms in total. The number of fused-ring (bicyclic) bond motifs is 1. The molecule has 2 aliphatic heterocycles. The Morgan fingerprint density at radius 2 is 2.05 bits per heavy atom. The standard InChI is InChI=1S/C14H16FNO3/c15-10-6-4-9(5-7-10)12-8-19-14(18)11-2-1-3-13(17)16(11)12/h4-7,11-12,14,18H,1-3,8H2/t11?,12?,14-/m1/s1. The molecule has 5 heteroatoms. The molecule has 2 unspecified atom stereocenters. The van der Waals surface area contributed by atoms with Gasteiger partial charge in [0.25, 0.3) is 0 Å². The molecular weight excluding hydrogens is 249 g/mol. The molecule has 0 bridgehead atoms. The number of rotatable bonds is 1. The van der Waals surface area contributed by atoms with Crippen LogP contribution >= 0.6 is 0 Å². The monoisotopic (exact) mass is 265 g/mol. The van der Waals surface area contributed by atoms with Crippen molar-refractivity contribution in [1.82, 2.24) is 4.90 Å². The second kappa shape index (κ2) is 4.90. The molecule has 0 saturated carbocycles. The highest BCUT2D eigenvalue weighted by Gasteiger charge is 2.42. The summed E-state index contributed by atoms with van der Waals surface area (Å²) in [6.45, 7) is 0.245. The van der Waals surface area contributed by atoms with E-state index in [9.17, 15) is 14.3 Å². The van der Waals surface area contributed by atoms with E-state index >= 15 is 0 Å². The molecule has 1 aromatic carbocycles. The lowest BCUT2D eigenvalue weighted by molar-refractivity contribution is -0.210. The highest BCUT2D eigenvalue weighted by Crippen LogP contribution is 2.35. The summed E-state index contributed by atoms with van der Waals surface area (Å²) >= 11 is 0. The molecule has 3 atom stereocenters. The Bertz CT molecular complexity index is 476. The van der Waals surface area contributed by atoms with Crippen LogP contribution in [-0.2, 0) is 9.53 Å². The van der Waals surface area contributed by atoms with Gasteiger partial charge in [-0.3, -0.25) is 4.79 Å². The van der Waals surface area contributed by atoms with Crippen LogP contribution < -0.4 is 0 Å². The Kier molecular flexibility index (Phi) is 3.24. The number of hydrogen-bond donors (Lipinski definition) is 1. The van der Waals surface area contributed by atoms with Crippen molar-refractivity contribution in [2.45, 2.75) is 37.6 Å². The molecule has 2 heterocycles. The van der Waals surface area contributed by atoms with Gasteiger partial charge in [-0.1, -0.05) is 12.1 Å². The summed E-state index contributed by atoms with van der Waals surface area (Å²) in [5.74, 6) is -0.269. The third-order valence-corrected chi connectivity index (χ3v) is 3.88. The quantitative estimate of drug-likeness (QED) is 0.839. The van der Waals surface area contributed by atoms with Crippen LogP contribution in [-0.4, -0.2) is 34.9 Å². The number of amides is 1. The molecule has 19 heavy (non-hydrogen) atoms. The van der Waals surface area contributed by atoms with Gasteiger partial charge in [0, 0.05) is 6.42 Å². The Balaban J connectivity index is 1.91. The molecule has 102 valence electrons. The molecule has 1 amide bonds. The van der Waals surface area contributed by atoms with E-state index in [1.807, 2.05) is 0 Å². The number of piperidine rings is 1. The molecule has 2 fully saturated rings. The largest absolute Gasteiger partial charge is 0.366 e. The number of carbonyl (C=O) groups excluding carboxylic acids is 1. The van der Waals surface area contributed by atoms with Crippen LogP contribution in [0.3, 0.4) is 0 Å². The van der Waals surface area contributed by atoms with Gasteiger partial charge in [0.15, 0.2) is 6.29 Å². The van der Waals surface area contributed by atoms with E-state index in [1.165, 1.54) is 12.1 Å². The maximum atomic E-state index is 13.0. The summed E-state index contributed by atoms with van der Waals surface area (Å²) < 4.78 is 18.3. The minimum Gasteiger partial charge on any atom is -0.366 e. The van der Waals surface area contributed by atoms with E-state index in [0.717, 1.165) is 18.4 Å². The van der Waals surface area contributed by atoms with Crippen LogP contribution in [0.15, 0.2) is 24.3 Å². The van der Waals surface area contributed by atoms with Gasteiger partial charge in [-0.2, -0.15) is 0 Å². The number of nitrogens with zero attached hydrogens (tertiary/aromatic N) is 1. The van der Waals surface area contributed by atoms with Crippen molar-refractivity contribution in [2.75, 3.05) is 6.61 Å². The fraction of sp³-hybridized carbons (Fsp3) is 0.500. The Morgan fingerprint density at radius 3 is 2.79 bits per heavy atom. The van der Waals surface area contributed by atoms with E-state index in [4.69, 9.17) is 4.74 Å². The minimum absolute atomic E-state index is 0.0351. The van der Waals surface area contributed by atoms with Gasteiger partial charge in [-0.15, -0.1) is 0 Å². The first-order valence-corrected chi connectivity index (χ1v) is 6.53. The van der Waals surface area contributed by atoms with E-state index < -0.39 is 6.29 Å². The number of halogens is 1. The van der Waals surface area contributed by atoms with Crippen molar-refractivity contribution in [2.24, 2.45) is 0 Å². The first kappa shape index (κ1) is 12.6. The molecule has 1 aromatic rings. The third-order valence-electron chi connectivity index (χ3n) is 3.88. The van der Waals surface area contributed by atoms with E-state index in [2.05, 4.69) is 0 Å². The van der Waals surface area contributed by atoms with E-state index in [-0.39, 0.29) is 30.4 Å². The zero-order valence-corrected chi connectivity index (χ0v) is 10.5. The zero-order chi connectivity index (χ0) is 13.4. The predicted octanol–water partition coefficient (Wildman–Crippen LogP) is 1.60. The molecule has 1 N–H and O–H groups in total. The summed E-state index contributed by atoms with van der Waals surface area (Å²) in [6.07, 6.45) is 1.10. The number of morpholine rings is 1. The number of carbonyl (C=O) groups is 1. The summed E-state index contributed by atoms with van der Waals surface area (Å²) in [5, 5.41) is 9.85. The van der Waals surface area contributed by atoms with Crippen molar-refractivity contribution >= 4 is 5.91 Å². The van der Waals surface area contributed by atoms with E-state index in [1.54, 1.807) is 17.0 Å². The average molecular weight is 265 g/mol. The predicted molar refractivity (Wildman–Crippen MR) is 65.6 cm³/mol. The van der Waals surface area contributed by atoms with Gasteiger partial charge in [0.2, 0.25) is 5.91 Å². The summed E-state index contributed by atoms with van der Waals surface area (Å²) in [6, 6.07) is 5.57. The maximum Gasteiger partial charge on any atom is 0.223 e. The smallest absolute Gasteiger partial charge is 0.223 e. The van der Waals surface area contributed by atoms with Crippen molar-refractivity contribution in [3.05, 3.63) is 35.6 Å². The normalized spacial score (nSPS) is 31.2.